The Balaban J connectivity index is 2.07. The summed E-state index contributed by atoms with van der Waals surface area (Å²) in [6, 6.07) is 11.2. The van der Waals surface area contributed by atoms with Gasteiger partial charge in [0.2, 0.25) is 0 Å². The number of carbonyl (C=O) groups excluding carboxylic acids is 2. The first-order valence-electron chi connectivity index (χ1n) is 7.33. The van der Waals surface area contributed by atoms with Crippen molar-refractivity contribution in [1.29, 1.82) is 0 Å². The van der Waals surface area contributed by atoms with Crippen molar-refractivity contribution in [3.8, 4) is 11.1 Å². The molecule has 1 amide bonds. The van der Waals surface area contributed by atoms with Crippen LogP contribution in [0.2, 0.25) is 0 Å². The number of halogens is 1. The highest BCUT2D eigenvalue weighted by Gasteiger charge is 2.25. The number of methoxy groups -OCH3 is 1. The van der Waals surface area contributed by atoms with E-state index < -0.39 is 5.97 Å². The SMILES string of the molecule is COC(=O)c1c(NC(=O)c2cccs2)sc(C)c1-c1ccc(Br)cc1. The second-order valence-electron chi connectivity index (χ2n) is 5.17. The fourth-order valence-electron chi connectivity index (χ4n) is 2.47. The maximum atomic E-state index is 12.4. The molecule has 0 radical (unpaired) electrons. The van der Waals surface area contributed by atoms with Crippen molar-refractivity contribution in [3.63, 3.8) is 0 Å². The summed E-state index contributed by atoms with van der Waals surface area (Å²) in [6.45, 7) is 1.93. The van der Waals surface area contributed by atoms with Gasteiger partial charge in [-0.05, 0) is 36.1 Å². The monoisotopic (exact) mass is 435 g/mol. The molecular weight excluding hydrogens is 422 g/mol. The fourth-order valence-corrected chi connectivity index (χ4v) is 4.41. The standard InChI is InChI=1S/C18H14BrNO3S2/c1-10-14(11-5-7-12(19)8-6-11)15(18(22)23-2)17(25-10)20-16(21)13-4-3-9-24-13/h3-9H,1-2H3,(H,20,21). The van der Waals surface area contributed by atoms with Crippen molar-refractivity contribution in [2.75, 3.05) is 12.4 Å². The van der Waals surface area contributed by atoms with Gasteiger partial charge in [-0.1, -0.05) is 34.1 Å². The summed E-state index contributed by atoms with van der Waals surface area (Å²) < 4.78 is 5.91. The van der Waals surface area contributed by atoms with Crippen LogP contribution in [-0.4, -0.2) is 19.0 Å². The average molecular weight is 436 g/mol. The molecule has 0 bridgehead atoms. The van der Waals surface area contributed by atoms with Gasteiger partial charge in [0.15, 0.2) is 0 Å². The van der Waals surface area contributed by atoms with Crippen LogP contribution < -0.4 is 5.32 Å². The number of hydrogen-bond donors (Lipinski definition) is 1. The molecule has 1 aromatic carbocycles. The lowest BCUT2D eigenvalue weighted by molar-refractivity contribution is 0.0603. The average Bonchev–Trinajstić information content (AvgIpc) is 3.23. The van der Waals surface area contributed by atoms with Gasteiger partial charge in [-0.3, -0.25) is 4.79 Å². The van der Waals surface area contributed by atoms with Crippen LogP contribution >= 0.6 is 38.6 Å². The molecule has 0 atom stereocenters. The van der Waals surface area contributed by atoms with Gasteiger partial charge in [-0.25, -0.2) is 4.79 Å². The summed E-state index contributed by atoms with van der Waals surface area (Å²) >= 11 is 6.13. The quantitative estimate of drug-likeness (QED) is 0.543. The number of esters is 1. The van der Waals surface area contributed by atoms with E-state index in [2.05, 4.69) is 21.2 Å². The molecule has 7 heteroatoms. The van der Waals surface area contributed by atoms with Crippen LogP contribution in [0.1, 0.15) is 24.9 Å². The van der Waals surface area contributed by atoms with Gasteiger partial charge in [0.1, 0.15) is 10.6 Å². The number of benzene rings is 1. The van der Waals surface area contributed by atoms with E-state index in [1.807, 2.05) is 42.6 Å². The Hall–Kier alpha value is -1.96. The lowest BCUT2D eigenvalue weighted by atomic mass is 10.0. The molecule has 0 aliphatic heterocycles. The number of amides is 1. The van der Waals surface area contributed by atoms with E-state index in [9.17, 15) is 9.59 Å². The van der Waals surface area contributed by atoms with E-state index in [0.717, 1.165) is 20.5 Å². The number of aryl methyl sites for hydroxylation is 1. The predicted molar refractivity (Wildman–Crippen MR) is 106 cm³/mol. The highest BCUT2D eigenvalue weighted by Crippen LogP contribution is 2.40. The Morgan fingerprint density at radius 3 is 2.48 bits per heavy atom. The van der Waals surface area contributed by atoms with Crippen molar-refractivity contribution >= 4 is 55.5 Å². The van der Waals surface area contributed by atoms with E-state index in [1.54, 1.807) is 6.07 Å². The molecule has 128 valence electrons. The topological polar surface area (TPSA) is 55.4 Å². The maximum Gasteiger partial charge on any atom is 0.341 e. The van der Waals surface area contributed by atoms with Gasteiger partial charge in [-0.15, -0.1) is 22.7 Å². The minimum atomic E-state index is -0.469. The third-order valence-corrected chi connectivity index (χ3v) is 6.00. The summed E-state index contributed by atoms with van der Waals surface area (Å²) in [6.07, 6.45) is 0. The number of ether oxygens (including phenoxy) is 1. The Bertz CT molecular complexity index is 915. The van der Waals surface area contributed by atoms with E-state index in [1.165, 1.54) is 29.8 Å². The zero-order valence-corrected chi connectivity index (χ0v) is 16.7. The van der Waals surface area contributed by atoms with E-state index in [-0.39, 0.29) is 5.91 Å². The van der Waals surface area contributed by atoms with Gasteiger partial charge in [0.25, 0.3) is 5.91 Å². The highest BCUT2D eigenvalue weighted by molar-refractivity contribution is 9.10. The van der Waals surface area contributed by atoms with E-state index in [0.29, 0.717) is 15.4 Å². The highest BCUT2D eigenvalue weighted by atomic mass is 79.9. The minimum Gasteiger partial charge on any atom is -0.465 e. The number of carbonyl (C=O) groups is 2. The molecule has 3 rings (SSSR count). The van der Waals surface area contributed by atoms with Crippen LogP contribution in [-0.2, 0) is 4.74 Å². The Kier molecular flexibility index (Phi) is 5.36. The normalized spacial score (nSPS) is 10.5. The zero-order valence-electron chi connectivity index (χ0n) is 13.5. The van der Waals surface area contributed by atoms with Gasteiger partial charge in [0, 0.05) is 14.9 Å². The number of thiophene rings is 2. The summed E-state index contributed by atoms with van der Waals surface area (Å²) in [4.78, 5) is 26.3. The van der Waals surface area contributed by atoms with Crippen LogP contribution in [0.3, 0.4) is 0 Å². The number of nitrogens with one attached hydrogen (secondary N) is 1. The Morgan fingerprint density at radius 2 is 1.88 bits per heavy atom. The maximum absolute atomic E-state index is 12.4. The summed E-state index contributed by atoms with van der Waals surface area (Å²) in [5, 5.41) is 5.19. The van der Waals surface area contributed by atoms with Crippen molar-refractivity contribution in [2.24, 2.45) is 0 Å². The second kappa shape index (κ2) is 7.51. The Morgan fingerprint density at radius 1 is 1.16 bits per heavy atom. The second-order valence-corrected chi connectivity index (χ2v) is 8.26. The molecule has 25 heavy (non-hydrogen) atoms. The third-order valence-electron chi connectivity index (χ3n) is 3.58. The number of anilines is 1. The molecule has 0 aliphatic carbocycles. The first-order valence-corrected chi connectivity index (χ1v) is 9.82. The predicted octanol–water partition coefficient (Wildman–Crippen LogP) is 5.59. The zero-order chi connectivity index (χ0) is 18.0. The van der Waals surface area contributed by atoms with Crippen LogP contribution in [0.5, 0.6) is 0 Å². The van der Waals surface area contributed by atoms with Gasteiger partial charge < -0.3 is 10.1 Å². The molecule has 0 saturated heterocycles. The number of hydrogen-bond acceptors (Lipinski definition) is 5. The first-order chi connectivity index (χ1) is 12.0. The van der Waals surface area contributed by atoms with E-state index in [4.69, 9.17) is 4.74 Å². The minimum absolute atomic E-state index is 0.233. The molecule has 2 aromatic heterocycles. The molecule has 3 aromatic rings. The lowest BCUT2D eigenvalue weighted by Gasteiger charge is -2.08. The molecule has 0 saturated carbocycles. The van der Waals surface area contributed by atoms with Crippen LogP contribution in [0.15, 0.2) is 46.3 Å². The molecule has 2 heterocycles. The van der Waals surface area contributed by atoms with E-state index >= 15 is 0 Å². The molecular formula is C18H14BrNO3S2. The molecule has 0 fully saturated rings. The molecule has 4 nitrogen and oxygen atoms in total. The molecule has 0 aliphatic rings. The van der Waals surface area contributed by atoms with Gasteiger partial charge in [0.05, 0.1) is 12.0 Å². The largest absolute Gasteiger partial charge is 0.465 e. The summed E-state index contributed by atoms with van der Waals surface area (Å²) in [5.41, 5.74) is 2.07. The van der Waals surface area contributed by atoms with Crippen LogP contribution in [0.25, 0.3) is 11.1 Å². The molecule has 0 spiro atoms. The number of rotatable bonds is 4. The molecule has 0 unspecified atom stereocenters. The van der Waals surface area contributed by atoms with Crippen molar-refractivity contribution in [3.05, 3.63) is 61.6 Å². The first kappa shape index (κ1) is 17.8. The smallest absolute Gasteiger partial charge is 0.341 e. The van der Waals surface area contributed by atoms with Gasteiger partial charge >= 0.3 is 5.97 Å². The third kappa shape index (κ3) is 3.68. The summed E-state index contributed by atoms with van der Waals surface area (Å²) in [5.74, 6) is -0.701. The van der Waals surface area contributed by atoms with Crippen molar-refractivity contribution in [1.82, 2.24) is 0 Å². The molecule has 1 N–H and O–H groups in total. The fraction of sp³-hybridized carbons (Fsp3) is 0.111. The van der Waals surface area contributed by atoms with Crippen LogP contribution in [0, 0.1) is 6.92 Å². The summed E-state index contributed by atoms with van der Waals surface area (Å²) in [7, 11) is 1.34. The van der Waals surface area contributed by atoms with Gasteiger partial charge in [-0.2, -0.15) is 0 Å². The Labute approximate surface area is 161 Å². The van der Waals surface area contributed by atoms with Crippen molar-refractivity contribution in [2.45, 2.75) is 6.92 Å². The lowest BCUT2D eigenvalue weighted by Crippen LogP contribution is -2.13. The van der Waals surface area contributed by atoms with Crippen molar-refractivity contribution < 1.29 is 14.3 Å². The van der Waals surface area contributed by atoms with Crippen LogP contribution in [0.4, 0.5) is 5.00 Å².